The minimum absolute atomic E-state index is 0.0444. The average Bonchev–Trinajstić information content (AvgIpc) is 2.66. The predicted octanol–water partition coefficient (Wildman–Crippen LogP) is 4.24. The van der Waals surface area contributed by atoms with Gasteiger partial charge >= 0.3 is 0 Å². The first-order valence-corrected chi connectivity index (χ1v) is 10.2. The van der Waals surface area contributed by atoms with E-state index in [0.717, 1.165) is 28.6 Å². The number of benzene rings is 2. The topological polar surface area (TPSA) is 73.2 Å². The number of rotatable bonds is 6. The van der Waals surface area contributed by atoms with Crippen LogP contribution < -0.4 is 15.6 Å². The second kappa shape index (κ2) is 9.15. The van der Waals surface area contributed by atoms with Crippen LogP contribution in [0.15, 0.2) is 58.6 Å². The van der Waals surface area contributed by atoms with Crippen molar-refractivity contribution >= 4 is 35.0 Å². The Hall–Kier alpha value is -2.77. The third-order valence-corrected chi connectivity index (χ3v) is 5.32. The SMILES string of the molecule is COc1ccc(NC(=O)CSc2nccn(-c3cc(C)cc(C)c3)c2=O)cc1Cl. The molecule has 2 aromatic carbocycles. The number of aromatic nitrogens is 2. The maximum atomic E-state index is 12.8. The van der Waals surface area contributed by atoms with Crippen molar-refractivity contribution < 1.29 is 9.53 Å². The van der Waals surface area contributed by atoms with Gasteiger partial charge in [-0.25, -0.2) is 4.98 Å². The van der Waals surface area contributed by atoms with E-state index in [1.54, 1.807) is 30.6 Å². The van der Waals surface area contributed by atoms with Crippen LogP contribution in [0.1, 0.15) is 11.1 Å². The fourth-order valence-corrected chi connectivity index (χ4v) is 3.82. The highest BCUT2D eigenvalue weighted by molar-refractivity contribution is 7.99. The highest BCUT2D eigenvalue weighted by Gasteiger charge is 2.11. The third-order valence-electron chi connectivity index (χ3n) is 4.07. The Labute approximate surface area is 177 Å². The zero-order chi connectivity index (χ0) is 21.0. The molecule has 1 N–H and O–H groups in total. The van der Waals surface area contributed by atoms with E-state index in [4.69, 9.17) is 16.3 Å². The van der Waals surface area contributed by atoms with Gasteiger partial charge in [0.2, 0.25) is 5.91 Å². The summed E-state index contributed by atoms with van der Waals surface area (Å²) in [7, 11) is 1.52. The van der Waals surface area contributed by atoms with Crippen molar-refractivity contribution in [2.45, 2.75) is 18.9 Å². The summed E-state index contributed by atoms with van der Waals surface area (Å²) in [6.07, 6.45) is 3.18. The van der Waals surface area contributed by atoms with Crippen LogP contribution in [0.2, 0.25) is 5.02 Å². The van der Waals surface area contributed by atoms with E-state index in [0.29, 0.717) is 16.5 Å². The standard InChI is InChI=1S/C21H20ClN3O3S/c1-13-8-14(2)10-16(9-13)25-7-6-23-20(21(25)27)29-12-19(26)24-15-4-5-18(28-3)17(22)11-15/h4-11H,12H2,1-3H3,(H,24,26). The van der Waals surface area contributed by atoms with Crippen LogP contribution in [0, 0.1) is 13.8 Å². The number of amides is 1. The monoisotopic (exact) mass is 429 g/mol. The Morgan fingerprint density at radius 3 is 2.59 bits per heavy atom. The summed E-state index contributed by atoms with van der Waals surface area (Å²) in [5, 5.41) is 3.41. The number of thioether (sulfide) groups is 1. The van der Waals surface area contributed by atoms with Crippen LogP contribution in [0.5, 0.6) is 5.75 Å². The Balaban J connectivity index is 1.72. The summed E-state index contributed by atoms with van der Waals surface area (Å²) in [5.74, 6) is 0.307. The van der Waals surface area contributed by atoms with Gasteiger partial charge in [-0.05, 0) is 55.3 Å². The number of nitrogens with one attached hydrogen (secondary N) is 1. The zero-order valence-corrected chi connectivity index (χ0v) is 17.8. The average molecular weight is 430 g/mol. The van der Waals surface area contributed by atoms with Gasteiger partial charge in [0.15, 0.2) is 5.03 Å². The van der Waals surface area contributed by atoms with Gasteiger partial charge in [0, 0.05) is 23.8 Å². The van der Waals surface area contributed by atoms with E-state index >= 15 is 0 Å². The van der Waals surface area contributed by atoms with Crippen molar-refractivity contribution in [3.05, 3.63) is 75.3 Å². The molecule has 3 aromatic rings. The molecule has 1 heterocycles. The minimum Gasteiger partial charge on any atom is -0.495 e. The zero-order valence-electron chi connectivity index (χ0n) is 16.2. The lowest BCUT2D eigenvalue weighted by molar-refractivity contribution is -0.113. The van der Waals surface area contributed by atoms with Gasteiger partial charge < -0.3 is 10.1 Å². The molecule has 8 heteroatoms. The van der Waals surface area contributed by atoms with Gasteiger partial charge in [-0.2, -0.15) is 0 Å². The fraction of sp³-hybridized carbons (Fsp3) is 0.190. The first-order chi connectivity index (χ1) is 13.9. The Bertz CT molecular complexity index is 1090. The van der Waals surface area contributed by atoms with E-state index in [2.05, 4.69) is 10.3 Å². The van der Waals surface area contributed by atoms with Crippen molar-refractivity contribution in [3.63, 3.8) is 0 Å². The molecule has 0 bridgehead atoms. The number of aryl methyl sites for hydroxylation is 2. The summed E-state index contributed by atoms with van der Waals surface area (Å²) in [5.41, 5.74) is 3.19. The number of methoxy groups -OCH3 is 1. The second-order valence-corrected chi connectivity index (χ2v) is 7.81. The molecule has 0 atom stereocenters. The van der Waals surface area contributed by atoms with Gasteiger partial charge in [0.1, 0.15) is 5.75 Å². The van der Waals surface area contributed by atoms with Gasteiger partial charge in [0.25, 0.3) is 5.56 Å². The Morgan fingerprint density at radius 2 is 1.93 bits per heavy atom. The van der Waals surface area contributed by atoms with Crippen LogP contribution in [0.3, 0.4) is 0 Å². The summed E-state index contributed by atoms with van der Waals surface area (Å²) < 4.78 is 6.63. The molecule has 3 rings (SSSR count). The molecule has 0 saturated heterocycles. The molecule has 6 nitrogen and oxygen atoms in total. The maximum absolute atomic E-state index is 12.8. The van der Waals surface area contributed by atoms with Crippen molar-refractivity contribution in [1.82, 2.24) is 9.55 Å². The maximum Gasteiger partial charge on any atom is 0.287 e. The van der Waals surface area contributed by atoms with Crippen LogP contribution in [-0.4, -0.2) is 28.3 Å². The van der Waals surface area contributed by atoms with Crippen molar-refractivity contribution in [2.75, 3.05) is 18.2 Å². The van der Waals surface area contributed by atoms with Gasteiger partial charge in [-0.15, -0.1) is 0 Å². The number of anilines is 1. The third kappa shape index (κ3) is 5.19. The van der Waals surface area contributed by atoms with Gasteiger partial charge in [-0.3, -0.25) is 14.2 Å². The molecular formula is C21H20ClN3O3S. The lowest BCUT2D eigenvalue weighted by Crippen LogP contribution is -2.22. The Kier molecular flexibility index (Phi) is 6.61. The van der Waals surface area contributed by atoms with Gasteiger partial charge in [-0.1, -0.05) is 29.4 Å². The lowest BCUT2D eigenvalue weighted by Gasteiger charge is -2.10. The van der Waals surface area contributed by atoms with Crippen molar-refractivity contribution in [2.24, 2.45) is 0 Å². The molecule has 0 radical (unpaired) electrons. The molecular weight excluding hydrogens is 410 g/mol. The Morgan fingerprint density at radius 1 is 1.21 bits per heavy atom. The fourth-order valence-electron chi connectivity index (χ4n) is 2.86. The number of nitrogens with zero attached hydrogens (tertiary/aromatic N) is 2. The molecule has 0 fully saturated rings. The van der Waals surface area contributed by atoms with Crippen molar-refractivity contribution in [1.29, 1.82) is 0 Å². The normalized spacial score (nSPS) is 10.6. The van der Waals surface area contributed by atoms with Crippen LogP contribution in [-0.2, 0) is 4.79 Å². The van der Waals surface area contributed by atoms with E-state index in [1.807, 2.05) is 32.0 Å². The largest absolute Gasteiger partial charge is 0.495 e. The number of carbonyl (C=O) groups excluding carboxylic acids is 1. The smallest absolute Gasteiger partial charge is 0.287 e. The number of halogens is 1. The van der Waals surface area contributed by atoms with Crippen LogP contribution in [0.25, 0.3) is 5.69 Å². The molecule has 0 aliphatic carbocycles. The number of carbonyl (C=O) groups is 1. The second-order valence-electron chi connectivity index (χ2n) is 6.44. The quantitative estimate of drug-likeness (QED) is 0.593. The molecule has 1 aromatic heterocycles. The lowest BCUT2D eigenvalue weighted by atomic mass is 10.1. The summed E-state index contributed by atoms with van der Waals surface area (Å²) in [6, 6.07) is 10.9. The minimum atomic E-state index is -0.265. The van der Waals surface area contributed by atoms with Crippen LogP contribution >= 0.6 is 23.4 Å². The van der Waals surface area contributed by atoms with Crippen LogP contribution in [0.4, 0.5) is 5.69 Å². The highest BCUT2D eigenvalue weighted by Crippen LogP contribution is 2.27. The van der Waals surface area contributed by atoms with Gasteiger partial charge in [0.05, 0.1) is 17.9 Å². The number of hydrogen-bond donors (Lipinski definition) is 1. The van der Waals surface area contributed by atoms with E-state index < -0.39 is 0 Å². The summed E-state index contributed by atoms with van der Waals surface area (Å²) >= 11 is 7.16. The summed E-state index contributed by atoms with van der Waals surface area (Å²) in [4.78, 5) is 29.2. The first kappa shape index (κ1) is 21.0. The first-order valence-electron chi connectivity index (χ1n) is 8.80. The van der Waals surface area contributed by atoms with E-state index in [1.165, 1.54) is 11.7 Å². The molecule has 0 spiro atoms. The molecule has 0 unspecified atom stereocenters. The van der Waals surface area contributed by atoms with Crippen molar-refractivity contribution in [3.8, 4) is 11.4 Å². The summed E-state index contributed by atoms with van der Waals surface area (Å²) in [6.45, 7) is 3.96. The molecule has 0 aliphatic heterocycles. The highest BCUT2D eigenvalue weighted by atomic mass is 35.5. The van der Waals surface area contributed by atoms with E-state index in [9.17, 15) is 9.59 Å². The molecule has 0 aliphatic rings. The molecule has 29 heavy (non-hydrogen) atoms. The van der Waals surface area contributed by atoms with E-state index in [-0.39, 0.29) is 22.2 Å². The molecule has 0 saturated carbocycles. The molecule has 1 amide bonds. The number of ether oxygens (including phenoxy) is 1. The predicted molar refractivity (Wildman–Crippen MR) is 117 cm³/mol. The number of hydrogen-bond acceptors (Lipinski definition) is 5. The molecule has 150 valence electrons.